The molecule has 0 aliphatic carbocycles. The minimum atomic E-state index is -3.56. The number of rotatable bonds is 24. The molecule has 0 heterocycles. The quantitative estimate of drug-likeness (QED) is 0.0840. The van der Waals surface area contributed by atoms with Gasteiger partial charge in [-0.1, -0.05) is 0 Å². The summed E-state index contributed by atoms with van der Waals surface area (Å²) >= 11 is 0. The first-order valence-electron chi connectivity index (χ1n) is 11.5. The molecule has 0 aliphatic heterocycles. The number of hydrogen-bond acceptors (Lipinski definition) is 14. The van der Waals surface area contributed by atoms with E-state index in [0.717, 1.165) is 12.5 Å². The van der Waals surface area contributed by atoms with Crippen LogP contribution in [0.5, 0.6) is 0 Å². The lowest BCUT2D eigenvalue weighted by atomic mass is 9.92. The van der Waals surface area contributed by atoms with Crippen LogP contribution in [0.15, 0.2) is 0 Å². The van der Waals surface area contributed by atoms with Crippen LogP contribution in [0.3, 0.4) is 0 Å². The van der Waals surface area contributed by atoms with Crippen LogP contribution in [0.1, 0.15) is 25.7 Å². The molecule has 0 aromatic carbocycles. The summed E-state index contributed by atoms with van der Waals surface area (Å²) in [4.78, 5) is 22.8. The van der Waals surface area contributed by atoms with Crippen LogP contribution in [-0.2, 0) is 66.6 Å². The average Bonchev–Trinajstić information content (AvgIpc) is 2.82. The van der Waals surface area contributed by atoms with E-state index in [2.05, 4.69) is 17.8 Å². The lowest BCUT2D eigenvalue weighted by Gasteiger charge is -2.33. The molecule has 220 valence electrons. The first-order chi connectivity index (χ1) is 17.3. The highest BCUT2D eigenvalue weighted by molar-refractivity contribution is 7.86. The van der Waals surface area contributed by atoms with E-state index in [9.17, 15) is 26.4 Å². The lowest BCUT2D eigenvalue weighted by molar-refractivity contribution is -0.144. The van der Waals surface area contributed by atoms with Gasteiger partial charge in [0.05, 0.1) is 97.8 Å². The highest BCUT2D eigenvalue weighted by Gasteiger charge is 2.33. The Labute approximate surface area is 219 Å². The van der Waals surface area contributed by atoms with E-state index in [4.69, 9.17) is 18.9 Å². The molecule has 0 fully saturated rings. The van der Waals surface area contributed by atoms with Gasteiger partial charge in [0.25, 0.3) is 20.2 Å². The second-order valence-corrected chi connectivity index (χ2v) is 11.4. The van der Waals surface area contributed by atoms with Gasteiger partial charge in [-0.25, -0.2) is 0 Å². The molecule has 0 saturated heterocycles. The number of methoxy groups -OCH3 is 2. The molecule has 0 unspecified atom stereocenters. The van der Waals surface area contributed by atoms with Crippen LogP contribution in [-0.4, -0.2) is 122 Å². The maximum Gasteiger partial charge on any atom is 0.307 e. The molecule has 0 bridgehead atoms. The third-order valence-electron chi connectivity index (χ3n) is 4.45. The van der Waals surface area contributed by atoms with Gasteiger partial charge in [-0.05, 0) is 12.8 Å². The predicted molar refractivity (Wildman–Crippen MR) is 130 cm³/mol. The van der Waals surface area contributed by atoms with E-state index < -0.39 is 37.6 Å². The van der Waals surface area contributed by atoms with Crippen molar-refractivity contribution in [3.63, 3.8) is 0 Å². The molecular formula is C21H40O14S2. The predicted octanol–water partition coefficient (Wildman–Crippen LogP) is -0.102. The van der Waals surface area contributed by atoms with Crippen molar-refractivity contribution in [3.05, 3.63) is 0 Å². The highest BCUT2D eigenvalue weighted by atomic mass is 32.2. The first kappa shape index (κ1) is 35.6. The van der Waals surface area contributed by atoms with Gasteiger partial charge in [0.2, 0.25) is 0 Å². The summed E-state index contributed by atoms with van der Waals surface area (Å²) in [7, 11) is -4.58. The van der Waals surface area contributed by atoms with Crippen molar-refractivity contribution < 1.29 is 63.2 Å². The zero-order valence-corrected chi connectivity index (χ0v) is 23.6. The fourth-order valence-electron chi connectivity index (χ4n) is 2.66. The third-order valence-corrected chi connectivity index (χ3v) is 5.64. The smallest absolute Gasteiger partial charge is 0.307 e. The highest BCUT2D eigenvalue weighted by Crippen LogP contribution is 2.21. The van der Waals surface area contributed by atoms with Gasteiger partial charge in [-0.15, -0.1) is 0 Å². The molecule has 37 heavy (non-hydrogen) atoms. The first-order valence-corrected chi connectivity index (χ1v) is 15.1. The summed E-state index contributed by atoms with van der Waals surface area (Å²) in [6, 6.07) is 0. The molecule has 0 radical (unpaired) electrons. The zero-order chi connectivity index (χ0) is 28.2. The molecule has 0 rings (SSSR count). The van der Waals surface area contributed by atoms with Gasteiger partial charge in [0.15, 0.2) is 0 Å². The molecule has 0 aromatic rings. The van der Waals surface area contributed by atoms with Crippen molar-refractivity contribution in [3.8, 4) is 0 Å². The second kappa shape index (κ2) is 19.6. The molecule has 0 aliphatic rings. The van der Waals surface area contributed by atoms with Gasteiger partial charge >= 0.3 is 11.9 Å². The Balaban J connectivity index is 5.10. The van der Waals surface area contributed by atoms with Crippen LogP contribution in [0.2, 0.25) is 0 Å². The van der Waals surface area contributed by atoms with Crippen molar-refractivity contribution >= 4 is 32.2 Å². The van der Waals surface area contributed by atoms with Gasteiger partial charge in [-0.2, -0.15) is 16.8 Å². The van der Waals surface area contributed by atoms with E-state index in [1.54, 1.807) is 0 Å². The molecule has 0 N–H and O–H groups in total. The molecule has 0 aromatic heterocycles. The number of hydrogen-bond donors (Lipinski definition) is 0. The summed E-state index contributed by atoms with van der Waals surface area (Å²) in [6.07, 6.45) is 2.58. The summed E-state index contributed by atoms with van der Waals surface area (Å²) < 4.78 is 85.7. The minimum Gasteiger partial charge on any atom is -0.469 e. The molecule has 0 amide bonds. The lowest BCUT2D eigenvalue weighted by Crippen LogP contribution is -2.42. The molecule has 0 atom stereocenters. The Hall–Kier alpha value is -1.40. The molecular weight excluding hydrogens is 540 g/mol. The van der Waals surface area contributed by atoms with Crippen molar-refractivity contribution in [2.75, 3.05) is 92.8 Å². The Bertz CT molecular complexity index is 771. The van der Waals surface area contributed by atoms with Crippen molar-refractivity contribution in [2.24, 2.45) is 5.41 Å². The van der Waals surface area contributed by atoms with Gasteiger partial charge in [0, 0.05) is 13.2 Å². The molecule has 14 nitrogen and oxygen atoms in total. The summed E-state index contributed by atoms with van der Waals surface area (Å²) in [5, 5.41) is 0. The monoisotopic (exact) mass is 580 g/mol. The maximum absolute atomic E-state index is 11.4. The largest absolute Gasteiger partial charge is 0.469 e. The van der Waals surface area contributed by atoms with E-state index in [-0.39, 0.29) is 78.9 Å². The Morgan fingerprint density at radius 1 is 0.568 bits per heavy atom. The maximum atomic E-state index is 11.4. The van der Waals surface area contributed by atoms with Crippen molar-refractivity contribution in [2.45, 2.75) is 25.7 Å². The SMILES string of the molecule is COC(=O)CCOCC(COCCCOS(C)(=O)=O)(COCCCOS(C)(=O)=O)COCCC(=O)OC. The van der Waals surface area contributed by atoms with E-state index in [1.807, 2.05) is 0 Å². The zero-order valence-electron chi connectivity index (χ0n) is 21.9. The van der Waals surface area contributed by atoms with Crippen molar-refractivity contribution in [1.82, 2.24) is 0 Å². The second-order valence-electron chi connectivity index (χ2n) is 8.12. The third kappa shape index (κ3) is 22.3. The minimum absolute atomic E-state index is 0.0309. The van der Waals surface area contributed by atoms with E-state index >= 15 is 0 Å². The number of ether oxygens (including phenoxy) is 6. The van der Waals surface area contributed by atoms with Crippen LogP contribution < -0.4 is 0 Å². The summed E-state index contributed by atoms with van der Waals surface area (Å²) in [5.41, 5.74) is -0.873. The van der Waals surface area contributed by atoms with Crippen LogP contribution >= 0.6 is 0 Å². The van der Waals surface area contributed by atoms with Crippen LogP contribution in [0.4, 0.5) is 0 Å². The Morgan fingerprint density at radius 2 is 0.892 bits per heavy atom. The summed E-state index contributed by atoms with van der Waals surface area (Å²) in [5.74, 6) is -0.881. The van der Waals surface area contributed by atoms with Crippen LogP contribution in [0.25, 0.3) is 0 Å². The number of carbonyl (C=O) groups excluding carboxylic acids is 2. The fraction of sp³-hybridized carbons (Fsp3) is 0.905. The van der Waals surface area contributed by atoms with E-state index in [0.29, 0.717) is 12.8 Å². The van der Waals surface area contributed by atoms with Crippen LogP contribution in [0, 0.1) is 5.41 Å². The van der Waals surface area contributed by atoms with E-state index in [1.165, 1.54) is 14.2 Å². The normalized spacial score (nSPS) is 12.4. The Morgan fingerprint density at radius 3 is 1.19 bits per heavy atom. The molecule has 0 saturated carbocycles. The fourth-order valence-corrected chi connectivity index (χ4v) is 3.50. The van der Waals surface area contributed by atoms with Gasteiger partial charge in [0.1, 0.15) is 0 Å². The molecule has 0 spiro atoms. The number of esters is 2. The average molecular weight is 581 g/mol. The standard InChI is InChI=1S/C21H40O14S2/c1-28-19(22)7-13-32-17-21(18-33-14-8-20(23)29-2,15-30-9-5-11-34-36(3,24)25)16-31-10-6-12-35-37(4,26)27/h5-18H2,1-4H3. The van der Waals surface area contributed by atoms with Gasteiger partial charge in [-0.3, -0.25) is 18.0 Å². The number of carbonyl (C=O) groups is 2. The molecule has 16 heteroatoms. The summed E-state index contributed by atoms with van der Waals surface area (Å²) in [6.45, 7) is 0.644. The van der Waals surface area contributed by atoms with Gasteiger partial charge < -0.3 is 28.4 Å². The Kier molecular flexibility index (Phi) is 18.9. The van der Waals surface area contributed by atoms with Crippen molar-refractivity contribution in [1.29, 1.82) is 0 Å². The topological polar surface area (TPSA) is 176 Å².